The van der Waals surface area contributed by atoms with Crippen LogP contribution >= 0.6 is 11.3 Å². The lowest BCUT2D eigenvalue weighted by Crippen LogP contribution is -2.57. The average molecular weight is 381 g/mol. The van der Waals surface area contributed by atoms with E-state index in [0.717, 1.165) is 44.8 Å². The molecular formula is C18H28N4O3S. The second kappa shape index (κ2) is 8.45. The second-order valence-electron chi connectivity index (χ2n) is 7.41. The molecule has 0 aromatic carbocycles. The van der Waals surface area contributed by atoms with Gasteiger partial charge in [0.2, 0.25) is 0 Å². The first-order valence-electron chi connectivity index (χ1n) is 9.29. The number of likely N-dealkylation sites (N-methyl/N-ethyl adjacent to an activating group) is 1. The minimum Gasteiger partial charge on any atom is -0.481 e. The number of hydrogen-bond donors (Lipinski definition) is 1. The summed E-state index contributed by atoms with van der Waals surface area (Å²) < 4.78 is 0. The largest absolute Gasteiger partial charge is 0.481 e. The molecule has 2 aliphatic rings. The number of carbonyl (C=O) groups excluding carboxylic acids is 1. The van der Waals surface area contributed by atoms with E-state index in [2.05, 4.69) is 21.8 Å². The van der Waals surface area contributed by atoms with Crippen LogP contribution < -0.4 is 0 Å². The number of carboxylic acid groups (broad SMARTS) is 1. The SMILES string of the molecule is Cc1ncsc1C(=O)N1CC[C@@H](N2CCN(C)CC2)[C@@H](CCC(=O)O)C1. The number of amides is 1. The smallest absolute Gasteiger partial charge is 0.303 e. The molecule has 8 heteroatoms. The molecule has 1 aromatic rings. The first kappa shape index (κ1) is 19.3. The van der Waals surface area contributed by atoms with Gasteiger partial charge in [-0.1, -0.05) is 0 Å². The molecule has 0 saturated carbocycles. The molecule has 144 valence electrons. The van der Waals surface area contributed by atoms with Crippen molar-refractivity contribution in [2.45, 2.75) is 32.2 Å². The maximum Gasteiger partial charge on any atom is 0.303 e. The summed E-state index contributed by atoms with van der Waals surface area (Å²) >= 11 is 1.39. The third kappa shape index (κ3) is 4.42. The highest BCUT2D eigenvalue weighted by atomic mass is 32.1. The van der Waals surface area contributed by atoms with Gasteiger partial charge in [-0.25, -0.2) is 4.98 Å². The van der Waals surface area contributed by atoms with Crippen molar-refractivity contribution >= 4 is 23.2 Å². The van der Waals surface area contributed by atoms with Crippen molar-refractivity contribution in [3.05, 3.63) is 16.1 Å². The molecule has 2 atom stereocenters. The number of carbonyl (C=O) groups is 2. The van der Waals surface area contributed by atoms with Crippen LogP contribution in [-0.4, -0.2) is 89.0 Å². The summed E-state index contributed by atoms with van der Waals surface area (Å²) in [6, 6.07) is 0.370. The highest BCUT2D eigenvalue weighted by Crippen LogP contribution is 2.29. The summed E-state index contributed by atoms with van der Waals surface area (Å²) in [5, 5.41) is 9.13. The van der Waals surface area contributed by atoms with Crippen LogP contribution in [0.4, 0.5) is 0 Å². The van der Waals surface area contributed by atoms with Crippen LogP contribution in [0.1, 0.15) is 34.6 Å². The molecule has 0 unspecified atom stereocenters. The van der Waals surface area contributed by atoms with E-state index in [1.165, 1.54) is 11.3 Å². The molecule has 1 N–H and O–H groups in total. The molecular weight excluding hydrogens is 352 g/mol. The van der Waals surface area contributed by atoms with Gasteiger partial charge in [0.15, 0.2) is 0 Å². The van der Waals surface area contributed by atoms with Crippen LogP contribution in [0.2, 0.25) is 0 Å². The second-order valence-corrected chi connectivity index (χ2v) is 8.26. The van der Waals surface area contributed by atoms with E-state index >= 15 is 0 Å². The fourth-order valence-corrected chi connectivity index (χ4v) is 4.85. The van der Waals surface area contributed by atoms with E-state index in [0.29, 0.717) is 23.9 Å². The van der Waals surface area contributed by atoms with Crippen molar-refractivity contribution < 1.29 is 14.7 Å². The number of aliphatic carboxylic acids is 1. The fourth-order valence-electron chi connectivity index (χ4n) is 4.08. The Morgan fingerprint density at radius 1 is 1.27 bits per heavy atom. The van der Waals surface area contributed by atoms with Crippen LogP contribution in [0.15, 0.2) is 5.51 Å². The van der Waals surface area contributed by atoms with Crippen LogP contribution in [0.5, 0.6) is 0 Å². The molecule has 26 heavy (non-hydrogen) atoms. The van der Waals surface area contributed by atoms with Crippen LogP contribution in [0, 0.1) is 12.8 Å². The minimum absolute atomic E-state index is 0.0437. The summed E-state index contributed by atoms with van der Waals surface area (Å²) in [6.07, 6.45) is 1.70. The van der Waals surface area contributed by atoms with Crippen molar-refractivity contribution in [1.29, 1.82) is 0 Å². The van der Waals surface area contributed by atoms with Gasteiger partial charge in [0, 0.05) is 51.7 Å². The first-order valence-corrected chi connectivity index (χ1v) is 10.2. The summed E-state index contributed by atoms with van der Waals surface area (Å²) in [7, 11) is 2.14. The van der Waals surface area contributed by atoms with Gasteiger partial charge in [-0.2, -0.15) is 0 Å². The van der Waals surface area contributed by atoms with Gasteiger partial charge >= 0.3 is 5.97 Å². The number of aromatic nitrogens is 1. The monoisotopic (exact) mass is 380 g/mol. The van der Waals surface area contributed by atoms with Crippen LogP contribution in [0.25, 0.3) is 0 Å². The maximum atomic E-state index is 12.9. The molecule has 0 spiro atoms. The summed E-state index contributed by atoms with van der Waals surface area (Å²) in [5.41, 5.74) is 2.49. The van der Waals surface area contributed by atoms with E-state index in [9.17, 15) is 9.59 Å². The van der Waals surface area contributed by atoms with Gasteiger partial charge in [-0.05, 0) is 32.7 Å². The highest BCUT2D eigenvalue weighted by molar-refractivity contribution is 7.11. The predicted molar refractivity (Wildman–Crippen MR) is 101 cm³/mol. The molecule has 3 heterocycles. The number of rotatable bonds is 5. The Balaban J connectivity index is 1.69. The average Bonchev–Trinajstić information content (AvgIpc) is 3.06. The third-order valence-corrected chi connectivity index (χ3v) is 6.57. The lowest BCUT2D eigenvalue weighted by Gasteiger charge is -2.46. The standard InChI is InChI=1S/C18H28N4O3S/c1-13-17(26-12-19-13)18(25)22-6-5-15(14(11-22)3-4-16(23)24)21-9-7-20(2)8-10-21/h12,14-15H,3-11H2,1-2H3,(H,23,24)/t14-,15+/m0/s1. The van der Waals surface area contributed by atoms with Gasteiger partial charge in [0.1, 0.15) is 4.88 Å². The molecule has 1 aromatic heterocycles. The zero-order valence-corrected chi connectivity index (χ0v) is 16.4. The normalized spacial score (nSPS) is 25.4. The molecule has 3 rings (SSSR count). The first-order chi connectivity index (χ1) is 12.5. The van der Waals surface area contributed by atoms with E-state index in [-0.39, 0.29) is 18.2 Å². The van der Waals surface area contributed by atoms with E-state index in [1.54, 1.807) is 5.51 Å². The number of hydrogen-bond acceptors (Lipinski definition) is 6. The number of likely N-dealkylation sites (tertiary alicyclic amines) is 1. The van der Waals surface area contributed by atoms with Gasteiger partial charge in [-0.3, -0.25) is 14.5 Å². The van der Waals surface area contributed by atoms with Gasteiger partial charge in [0.25, 0.3) is 5.91 Å². The van der Waals surface area contributed by atoms with Gasteiger partial charge in [0.05, 0.1) is 11.2 Å². The fraction of sp³-hybridized carbons (Fsp3) is 0.722. The number of aryl methyl sites for hydroxylation is 1. The van der Waals surface area contributed by atoms with Crippen molar-refractivity contribution in [3.8, 4) is 0 Å². The molecule has 2 saturated heterocycles. The van der Waals surface area contributed by atoms with E-state index < -0.39 is 5.97 Å². The molecule has 0 aliphatic carbocycles. The number of piperidine rings is 1. The van der Waals surface area contributed by atoms with Gasteiger partial charge < -0.3 is 14.9 Å². The Labute approximate surface area is 158 Å². The highest BCUT2D eigenvalue weighted by Gasteiger charge is 2.36. The number of piperazine rings is 1. The Kier molecular flexibility index (Phi) is 6.26. The Morgan fingerprint density at radius 2 is 2.00 bits per heavy atom. The Hall–Kier alpha value is -1.51. The van der Waals surface area contributed by atoms with Crippen LogP contribution in [0.3, 0.4) is 0 Å². The zero-order valence-electron chi connectivity index (χ0n) is 15.6. The molecule has 7 nitrogen and oxygen atoms in total. The Bertz CT molecular complexity index is 642. The maximum absolute atomic E-state index is 12.9. The molecule has 2 aliphatic heterocycles. The van der Waals surface area contributed by atoms with Crippen molar-refractivity contribution in [2.24, 2.45) is 5.92 Å². The van der Waals surface area contributed by atoms with Crippen molar-refractivity contribution in [1.82, 2.24) is 19.7 Å². The quantitative estimate of drug-likeness (QED) is 0.832. The third-order valence-electron chi connectivity index (χ3n) is 5.66. The van der Waals surface area contributed by atoms with Crippen molar-refractivity contribution in [3.63, 3.8) is 0 Å². The summed E-state index contributed by atoms with van der Waals surface area (Å²) in [5.74, 6) is -0.508. The van der Waals surface area contributed by atoms with Gasteiger partial charge in [-0.15, -0.1) is 11.3 Å². The lowest BCUT2D eigenvalue weighted by molar-refractivity contribution is -0.137. The molecule has 0 bridgehead atoms. The summed E-state index contributed by atoms with van der Waals surface area (Å²) in [6.45, 7) is 7.37. The minimum atomic E-state index is -0.760. The number of carboxylic acids is 1. The summed E-state index contributed by atoms with van der Waals surface area (Å²) in [4.78, 5) is 35.6. The topological polar surface area (TPSA) is 77.0 Å². The molecule has 0 radical (unpaired) electrons. The zero-order chi connectivity index (χ0) is 18.7. The Morgan fingerprint density at radius 3 is 2.62 bits per heavy atom. The predicted octanol–water partition coefficient (Wildman–Crippen LogP) is 1.39. The number of nitrogens with zero attached hydrogens (tertiary/aromatic N) is 4. The van der Waals surface area contributed by atoms with E-state index in [1.807, 2.05) is 11.8 Å². The van der Waals surface area contributed by atoms with Crippen molar-refractivity contribution in [2.75, 3.05) is 46.3 Å². The molecule has 1 amide bonds. The molecule has 2 fully saturated rings. The van der Waals surface area contributed by atoms with E-state index in [4.69, 9.17) is 5.11 Å². The van der Waals surface area contributed by atoms with Crippen LogP contribution in [-0.2, 0) is 4.79 Å². The lowest BCUT2D eigenvalue weighted by atomic mass is 9.86. The number of thiazole rings is 1.